The van der Waals surface area contributed by atoms with E-state index in [4.69, 9.17) is 10.7 Å². The van der Waals surface area contributed by atoms with Gasteiger partial charge < -0.3 is 20.7 Å². The number of carbonyl (C=O) groups excluding carboxylic acids is 1. The van der Waals surface area contributed by atoms with Crippen molar-refractivity contribution in [3.63, 3.8) is 0 Å². The predicted molar refractivity (Wildman–Crippen MR) is 154 cm³/mol. The van der Waals surface area contributed by atoms with Gasteiger partial charge in [0, 0.05) is 24.4 Å². The second-order valence-electron chi connectivity index (χ2n) is 9.62. The lowest BCUT2D eigenvalue weighted by Gasteiger charge is -2.26. The molecule has 228 valence electrons. The van der Waals surface area contributed by atoms with Crippen LogP contribution in [0.2, 0.25) is 0 Å². The number of likely N-dealkylation sites (tertiary alicyclic amines) is 1. The van der Waals surface area contributed by atoms with Crippen molar-refractivity contribution in [1.29, 1.82) is 0 Å². The van der Waals surface area contributed by atoms with Gasteiger partial charge in [-0.3, -0.25) is 9.79 Å². The molecule has 1 fully saturated rings. The second kappa shape index (κ2) is 15.5. The molecule has 0 spiro atoms. The minimum atomic E-state index is -4.92. The van der Waals surface area contributed by atoms with Crippen LogP contribution in [0.15, 0.2) is 34.5 Å². The van der Waals surface area contributed by atoms with Gasteiger partial charge in [-0.05, 0) is 89.0 Å². The summed E-state index contributed by atoms with van der Waals surface area (Å²) in [6.45, 7) is 9.88. The van der Waals surface area contributed by atoms with Crippen molar-refractivity contribution >= 4 is 28.6 Å². The second-order valence-corrected chi connectivity index (χ2v) is 9.62. The van der Waals surface area contributed by atoms with Crippen LogP contribution in [0.5, 0.6) is 5.88 Å². The number of nitrogens with zero attached hydrogens (tertiary/aromatic N) is 3. The number of aromatic nitrogens is 1. The molecule has 8 nitrogen and oxygen atoms in total. The Kier molecular flexibility index (Phi) is 12.7. The molecule has 0 saturated carbocycles. The number of allylic oxidation sites excluding steroid dienone is 3. The van der Waals surface area contributed by atoms with E-state index < -0.39 is 35.1 Å². The van der Waals surface area contributed by atoms with Crippen LogP contribution in [-0.2, 0) is 9.63 Å². The third kappa shape index (κ3) is 8.97. The molecule has 1 aromatic heterocycles. The van der Waals surface area contributed by atoms with Crippen molar-refractivity contribution < 1.29 is 32.3 Å². The topological polar surface area (TPSA) is 105 Å². The van der Waals surface area contributed by atoms with E-state index in [1.54, 1.807) is 6.92 Å². The number of nitrogen functional groups attached to an aromatic ring is 1. The predicted octanol–water partition coefficient (Wildman–Crippen LogP) is 6.16. The molecule has 3 rings (SSSR count). The van der Waals surface area contributed by atoms with E-state index in [2.05, 4.69) is 15.4 Å². The smallest absolute Gasteiger partial charge is 0.420 e. The van der Waals surface area contributed by atoms with Crippen LogP contribution in [0.1, 0.15) is 70.4 Å². The maximum absolute atomic E-state index is 14.4. The van der Waals surface area contributed by atoms with E-state index in [0.29, 0.717) is 22.7 Å². The van der Waals surface area contributed by atoms with Crippen LogP contribution in [0.3, 0.4) is 0 Å². The number of fused-ring (bicyclic) bond motifs is 1. The summed E-state index contributed by atoms with van der Waals surface area (Å²) in [6.07, 6.45) is 1.74. The van der Waals surface area contributed by atoms with Gasteiger partial charge in [-0.25, -0.2) is 9.07 Å². The molecule has 1 aliphatic rings. The van der Waals surface area contributed by atoms with E-state index in [0.717, 1.165) is 32.1 Å². The maximum atomic E-state index is 14.4. The van der Waals surface area contributed by atoms with Crippen molar-refractivity contribution in [3.05, 3.63) is 46.5 Å². The number of alkyl halides is 3. The Balaban J connectivity index is 0.00000287. The molecule has 0 unspecified atom stereocenters. The summed E-state index contributed by atoms with van der Waals surface area (Å²) in [4.78, 5) is 23.6. The van der Waals surface area contributed by atoms with Crippen LogP contribution in [0.25, 0.3) is 17.0 Å². The van der Waals surface area contributed by atoms with Crippen LogP contribution in [0, 0.1) is 12.7 Å². The first-order valence-electron chi connectivity index (χ1n) is 13.8. The number of piperidine rings is 1. The van der Waals surface area contributed by atoms with Crippen molar-refractivity contribution in [3.8, 4) is 5.88 Å². The number of aliphatic imine (C=N–C) groups is 1. The van der Waals surface area contributed by atoms with Gasteiger partial charge in [-0.2, -0.15) is 18.7 Å². The monoisotopic (exact) mass is 583 g/mol. The zero-order chi connectivity index (χ0) is 30.7. The Labute approximate surface area is 238 Å². The summed E-state index contributed by atoms with van der Waals surface area (Å²) < 4.78 is 57.6. The molecule has 4 N–H and O–H groups in total. The lowest BCUT2D eigenvalue weighted by Crippen LogP contribution is -2.31. The number of aromatic hydroxyl groups is 1. The normalized spacial score (nSPS) is 15.5. The highest BCUT2D eigenvalue weighted by Gasteiger charge is 2.37. The molecule has 12 heteroatoms. The number of nitrogens with two attached hydrogens (primary N) is 1. The number of halogens is 4. The number of aryl methyl sites for hydroxylation is 1. The fourth-order valence-electron chi connectivity index (χ4n) is 4.56. The highest BCUT2D eigenvalue weighted by Crippen LogP contribution is 2.36. The van der Waals surface area contributed by atoms with E-state index in [1.807, 2.05) is 13.8 Å². The highest BCUT2D eigenvalue weighted by molar-refractivity contribution is 5.98. The van der Waals surface area contributed by atoms with Gasteiger partial charge >= 0.3 is 6.18 Å². The Morgan fingerprint density at radius 2 is 1.85 bits per heavy atom. The molecule has 41 heavy (non-hydrogen) atoms. The molecule has 1 aromatic carbocycles. The average Bonchev–Trinajstić information content (AvgIpc) is 3.17. The van der Waals surface area contributed by atoms with Gasteiger partial charge in [0.05, 0.1) is 5.71 Å². The minimum absolute atomic E-state index is 0.0927. The number of rotatable bonds is 10. The van der Waals surface area contributed by atoms with E-state index in [-0.39, 0.29) is 28.6 Å². The fourth-order valence-corrected chi connectivity index (χ4v) is 4.56. The van der Waals surface area contributed by atoms with Gasteiger partial charge in [-0.15, -0.1) is 0 Å². The molecule has 2 heterocycles. The average molecular weight is 584 g/mol. The Hall–Kier alpha value is -3.54. The Morgan fingerprint density at radius 3 is 2.46 bits per heavy atom. The quantitative estimate of drug-likeness (QED) is 0.0591. The number of hydroxylamine groups is 1. The van der Waals surface area contributed by atoms with E-state index in [1.165, 1.54) is 45.4 Å². The summed E-state index contributed by atoms with van der Waals surface area (Å²) >= 11 is 0. The summed E-state index contributed by atoms with van der Waals surface area (Å²) in [7, 11) is 1.29. The number of hydrogen-bond acceptors (Lipinski definition) is 6. The molecule has 0 atom stereocenters. The number of unbranched alkanes of at least 4 members (excludes halogenated alkanes) is 1. The Morgan fingerprint density at radius 1 is 1.20 bits per heavy atom. The van der Waals surface area contributed by atoms with Crippen molar-refractivity contribution in [1.82, 2.24) is 15.1 Å². The lowest BCUT2D eigenvalue weighted by atomic mass is 10.1. The summed E-state index contributed by atoms with van der Waals surface area (Å²) in [5.41, 5.74) is 0.933. The summed E-state index contributed by atoms with van der Waals surface area (Å²) in [5, 5.41) is 10.5. The number of carbonyl (C=O) groups is 1. The first kappa shape index (κ1) is 33.7. The molecular weight excluding hydrogens is 542 g/mol. The molecule has 1 saturated heterocycles. The number of hydrogen-bond donors (Lipinski definition) is 3. The molecule has 0 bridgehead atoms. The largest absolute Gasteiger partial charge is 0.493 e. The van der Waals surface area contributed by atoms with Crippen molar-refractivity contribution in [2.24, 2.45) is 4.99 Å². The molecular formula is C29H41F4N5O3. The SMILES string of the molecule is CC.CN=C(C)/C(ONC(=O)CCCCN1CCCCC1)=C(\C=C\c1c(O)n(N)c2c(F)cc(C)cc12)C(F)(F)F. The lowest BCUT2D eigenvalue weighted by molar-refractivity contribution is -0.131. The van der Waals surface area contributed by atoms with Gasteiger partial charge in [0.15, 0.2) is 5.76 Å². The van der Waals surface area contributed by atoms with Crippen LogP contribution >= 0.6 is 0 Å². The van der Waals surface area contributed by atoms with Crippen LogP contribution in [0.4, 0.5) is 17.6 Å². The third-order valence-corrected chi connectivity index (χ3v) is 6.68. The summed E-state index contributed by atoms with van der Waals surface area (Å²) in [6, 6.07) is 2.70. The van der Waals surface area contributed by atoms with Crippen LogP contribution in [-0.4, -0.2) is 59.2 Å². The molecule has 1 amide bonds. The zero-order valence-electron chi connectivity index (χ0n) is 24.4. The fraction of sp³-hybridized carbons (Fsp3) is 0.517. The molecule has 0 aliphatic carbocycles. The molecule has 2 aromatic rings. The molecule has 1 aliphatic heterocycles. The van der Waals surface area contributed by atoms with Crippen molar-refractivity contribution in [2.45, 2.75) is 72.4 Å². The standard InChI is InChI=1S/C27H35F4N5O3.C2H6/c1-17-15-20-19(26(38)36(32)24(20)22(28)16-17)10-11-21(27(29,30)31)25(18(2)33-3)39-34-23(37)9-5-8-14-35-12-6-4-7-13-35;1-2/h10-11,15-16,38H,4-9,12-14,32H2,1-3H3,(H,34,37);1-2H3/b11-10+,25-21-,33-18?;. The summed E-state index contributed by atoms with van der Waals surface area (Å²) in [5.74, 6) is 3.13. The minimum Gasteiger partial charge on any atom is -0.493 e. The Bertz CT molecular complexity index is 1280. The molecule has 0 radical (unpaired) electrons. The van der Waals surface area contributed by atoms with E-state index >= 15 is 0 Å². The van der Waals surface area contributed by atoms with E-state index in [9.17, 15) is 27.5 Å². The highest BCUT2D eigenvalue weighted by atomic mass is 19.4. The number of benzene rings is 1. The van der Waals surface area contributed by atoms with Gasteiger partial charge in [0.2, 0.25) is 5.88 Å². The first-order chi connectivity index (χ1) is 19.4. The van der Waals surface area contributed by atoms with Gasteiger partial charge in [0.25, 0.3) is 5.91 Å². The third-order valence-electron chi connectivity index (χ3n) is 6.68. The first-order valence-corrected chi connectivity index (χ1v) is 13.8. The van der Waals surface area contributed by atoms with Crippen LogP contribution < -0.4 is 11.3 Å². The zero-order valence-corrected chi connectivity index (χ0v) is 24.4. The number of nitrogens with one attached hydrogen (secondary N) is 1. The van der Waals surface area contributed by atoms with Crippen molar-refractivity contribution in [2.75, 3.05) is 32.5 Å². The van der Waals surface area contributed by atoms with Gasteiger partial charge in [-0.1, -0.05) is 20.3 Å². The number of amides is 1. The van der Waals surface area contributed by atoms with Gasteiger partial charge in [0.1, 0.15) is 16.9 Å². The maximum Gasteiger partial charge on any atom is 0.420 e.